The van der Waals surface area contributed by atoms with Gasteiger partial charge in [-0.3, -0.25) is 14.2 Å². The molecule has 25 heavy (non-hydrogen) atoms. The van der Waals surface area contributed by atoms with E-state index in [-0.39, 0.29) is 18.0 Å². The summed E-state index contributed by atoms with van der Waals surface area (Å²) < 4.78 is 1.52. The molecule has 0 saturated heterocycles. The number of hydrogen-bond acceptors (Lipinski definition) is 4. The quantitative estimate of drug-likeness (QED) is 0.843. The lowest BCUT2D eigenvalue weighted by Crippen LogP contribution is -2.44. The van der Waals surface area contributed by atoms with Gasteiger partial charge in [-0.1, -0.05) is 19.3 Å². The van der Waals surface area contributed by atoms with E-state index in [1.807, 2.05) is 11.8 Å². The Balaban J connectivity index is 1.60. The lowest BCUT2D eigenvalue weighted by molar-refractivity contribution is -0.134. The van der Waals surface area contributed by atoms with E-state index in [2.05, 4.69) is 4.98 Å². The molecule has 0 unspecified atom stereocenters. The molecule has 2 aliphatic carbocycles. The highest BCUT2D eigenvalue weighted by atomic mass is 32.1. The number of nitrogens with zero attached hydrogens (tertiary/aromatic N) is 3. The average molecular weight is 359 g/mol. The number of likely N-dealkylation sites (N-methyl/N-ethyl adjacent to an activating group) is 1. The van der Waals surface area contributed by atoms with Gasteiger partial charge in [-0.05, 0) is 44.6 Å². The zero-order chi connectivity index (χ0) is 17.4. The molecule has 1 fully saturated rings. The molecule has 2 heterocycles. The first-order valence-corrected chi connectivity index (χ1v) is 10.3. The highest BCUT2D eigenvalue weighted by Crippen LogP contribution is 2.34. The summed E-state index contributed by atoms with van der Waals surface area (Å²) in [7, 11) is 0. The lowest BCUT2D eigenvalue weighted by Gasteiger charge is -2.33. The zero-order valence-electron chi connectivity index (χ0n) is 14.8. The number of carbonyl (C=O) groups excluding carboxylic acids is 1. The molecule has 1 saturated carbocycles. The van der Waals surface area contributed by atoms with Crippen LogP contribution in [0.2, 0.25) is 0 Å². The van der Waals surface area contributed by atoms with Gasteiger partial charge in [-0.2, -0.15) is 0 Å². The van der Waals surface area contributed by atoms with Gasteiger partial charge < -0.3 is 4.90 Å². The summed E-state index contributed by atoms with van der Waals surface area (Å²) in [5, 5.41) is 0.758. The molecule has 0 radical (unpaired) electrons. The predicted molar refractivity (Wildman–Crippen MR) is 100 cm³/mol. The van der Waals surface area contributed by atoms with Crippen LogP contribution < -0.4 is 5.56 Å². The summed E-state index contributed by atoms with van der Waals surface area (Å²) >= 11 is 1.64. The van der Waals surface area contributed by atoms with Gasteiger partial charge in [0.15, 0.2) is 0 Å². The van der Waals surface area contributed by atoms with Gasteiger partial charge in [0.25, 0.3) is 5.56 Å². The highest BCUT2D eigenvalue weighted by molar-refractivity contribution is 7.18. The fourth-order valence-electron chi connectivity index (χ4n) is 4.40. The molecule has 0 atom stereocenters. The maximum Gasteiger partial charge on any atom is 0.262 e. The van der Waals surface area contributed by atoms with Crippen LogP contribution in [0.4, 0.5) is 0 Å². The van der Waals surface area contributed by atoms with Gasteiger partial charge >= 0.3 is 0 Å². The van der Waals surface area contributed by atoms with Crippen molar-refractivity contribution in [3.05, 3.63) is 27.1 Å². The van der Waals surface area contributed by atoms with E-state index >= 15 is 0 Å². The Morgan fingerprint density at radius 1 is 1.28 bits per heavy atom. The van der Waals surface area contributed by atoms with Crippen molar-refractivity contribution < 1.29 is 4.79 Å². The molecule has 1 amide bonds. The summed E-state index contributed by atoms with van der Waals surface area (Å²) in [5.41, 5.74) is 1.14. The molecule has 2 aromatic heterocycles. The van der Waals surface area contributed by atoms with Crippen LogP contribution in [0.1, 0.15) is 55.9 Å². The summed E-state index contributed by atoms with van der Waals surface area (Å²) in [6.07, 6.45) is 10.5. The lowest BCUT2D eigenvalue weighted by atomic mass is 9.94. The first kappa shape index (κ1) is 16.8. The van der Waals surface area contributed by atoms with Crippen LogP contribution in [0, 0.1) is 0 Å². The standard InChI is InChI=1S/C19H25N3O2S/c1-2-22(13-7-4-3-5-8-13)16(23)11-21-12-20-18-17(19(21)24)14-9-6-10-15(14)25-18/h12-13H,2-11H2,1H3. The maximum atomic E-state index is 12.9. The Morgan fingerprint density at radius 2 is 2.08 bits per heavy atom. The van der Waals surface area contributed by atoms with Crippen LogP contribution in [0.25, 0.3) is 10.2 Å². The Labute approximate surface area is 151 Å². The number of thiophene rings is 1. The Bertz CT molecular complexity index is 848. The minimum atomic E-state index is -0.0440. The number of rotatable bonds is 4. The molecule has 2 aliphatic rings. The molecular formula is C19H25N3O2S. The van der Waals surface area contributed by atoms with Gasteiger partial charge in [0.1, 0.15) is 11.4 Å². The molecule has 5 nitrogen and oxygen atoms in total. The first-order chi connectivity index (χ1) is 12.2. The van der Waals surface area contributed by atoms with Crippen LogP contribution in [-0.4, -0.2) is 32.9 Å². The molecule has 0 N–H and O–H groups in total. The Morgan fingerprint density at radius 3 is 2.84 bits per heavy atom. The van der Waals surface area contributed by atoms with Crippen molar-refractivity contribution in [1.82, 2.24) is 14.5 Å². The number of fused-ring (bicyclic) bond motifs is 3. The van der Waals surface area contributed by atoms with E-state index in [1.165, 1.54) is 34.3 Å². The van der Waals surface area contributed by atoms with E-state index in [9.17, 15) is 9.59 Å². The zero-order valence-corrected chi connectivity index (χ0v) is 15.6. The normalized spacial score (nSPS) is 17.8. The third-order valence-electron chi connectivity index (χ3n) is 5.67. The third-order valence-corrected chi connectivity index (χ3v) is 6.87. The second kappa shape index (κ2) is 6.90. The van der Waals surface area contributed by atoms with E-state index in [0.717, 1.165) is 42.3 Å². The van der Waals surface area contributed by atoms with Gasteiger partial charge in [-0.15, -0.1) is 11.3 Å². The van der Waals surface area contributed by atoms with Crippen LogP contribution in [0.15, 0.2) is 11.1 Å². The molecule has 0 spiro atoms. The fourth-order valence-corrected chi connectivity index (χ4v) is 5.62. The molecule has 2 aromatic rings. The van der Waals surface area contributed by atoms with Crippen molar-refractivity contribution >= 4 is 27.5 Å². The summed E-state index contributed by atoms with van der Waals surface area (Å²) in [5.74, 6) is 0.0459. The third kappa shape index (κ3) is 3.01. The minimum absolute atomic E-state index is 0.0440. The predicted octanol–water partition coefficient (Wildman–Crippen LogP) is 3.13. The number of aryl methyl sites for hydroxylation is 2. The molecular weight excluding hydrogens is 334 g/mol. The van der Waals surface area contributed by atoms with Crippen LogP contribution in [0.3, 0.4) is 0 Å². The molecule has 0 bridgehead atoms. The smallest absolute Gasteiger partial charge is 0.262 e. The van der Waals surface area contributed by atoms with Crippen LogP contribution >= 0.6 is 11.3 Å². The fraction of sp³-hybridized carbons (Fsp3) is 0.632. The molecule has 0 aliphatic heterocycles. The summed E-state index contributed by atoms with van der Waals surface area (Å²) in [6.45, 7) is 2.85. The number of amides is 1. The van der Waals surface area contributed by atoms with E-state index in [4.69, 9.17) is 0 Å². The van der Waals surface area contributed by atoms with E-state index in [0.29, 0.717) is 12.6 Å². The van der Waals surface area contributed by atoms with E-state index in [1.54, 1.807) is 17.7 Å². The highest BCUT2D eigenvalue weighted by Gasteiger charge is 2.26. The Hall–Kier alpha value is -1.69. The number of hydrogen-bond donors (Lipinski definition) is 0. The second-order valence-corrected chi connectivity index (χ2v) is 8.27. The van der Waals surface area contributed by atoms with Crippen LogP contribution in [-0.2, 0) is 24.2 Å². The maximum absolute atomic E-state index is 12.9. The van der Waals surface area contributed by atoms with Gasteiger partial charge in [0, 0.05) is 17.5 Å². The van der Waals surface area contributed by atoms with Gasteiger partial charge in [-0.25, -0.2) is 4.98 Å². The summed E-state index contributed by atoms with van der Waals surface area (Å²) in [4.78, 5) is 34.3. The Kier molecular flexibility index (Phi) is 4.63. The van der Waals surface area contributed by atoms with Crippen molar-refractivity contribution in [2.24, 2.45) is 0 Å². The molecule has 134 valence electrons. The second-order valence-electron chi connectivity index (χ2n) is 7.19. The van der Waals surface area contributed by atoms with Gasteiger partial charge in [0.05, 0.1) is 11.7 Å². The molecule has 4 rings (SSSR count). The van der Waals surface area contributed by atoms with Crippen molar-refractivity contribution in [2.45, 2.75) is 70.9 Å². The number of aromatic nitrogens is 2. The SMILES string of the molecule is CCN(C(=O)Cn1cnc2sc3c(c2c1=O)CCC3)C1CCCCC1. The largest absolute Gasteiger partial charge is 0.338 e. The first-order valence-electron chi connectivity index (χ1n) is 9.48. The molecule has 0 aromatic carbocycles. The molecule has 6 heteroatoms. The van der Waals surface area contributed by atoms with Crippen molar-refractivity contribution in [1.29, 1.82) is 0 Å². The van der Waals surface area contributed by atoms with E-state index < -0.39 is 0 Å². The average Bonchev–Trinajstić information content (AvgIpc) is 3.20. The number of carbonyl (C=O) groups is 1. The van der Waals surface area contributed by atoms with Crippen molar-refractivity contribution in [2.75, 3.05) is 6.54 Å². The summed E-state index contributed by atoms with van der Waals surface area (Å²) in [6, 6.07) is 0.337. The van der Waals surface area contributed by atoms with Gasteiger partial charge in [0.2, 0.25) is 5.91 Å². The van der Waals surface area contributed by atoms with Crippen molar-refractivity contribution in [3.8, 4) is 0 Å². The van der Waals surface area contributed by atoms with Crippen LogP contribution in [0.5, 0.6) is 0 Å². The topological polar surface area (TPSA) is 55.2 Å². The minimum Gasteiger partial charge on any atom is -0.338 e. The monoisotopic (exact) mass is 359 g/mol. The van der Waals surface area contributed by atoms with Crippen molar-refractivity contribution in [3.63, 3.8) is 0 Å².